The van der Waals surface area contributed by atoms with Crippen LogP contribution in [0.2, 0.25) is 0 Å². The van der Waals surface area contributed by atoms with E-state index in [9.17, 15) is 14.9 Å². The minimum atomic E-state index is -0.691. The normalized spacial score (nSPS) is 11.9. The molecular formula is C23H27N3O5S. The number of aromatic nitrogens is 2. The van der Waals surface area contributed by atoms with Gasteiger partial charge >= 0.3 is 11.3 Å². The zero-order valence-corrected chi connectivity index (χ0v) is 19.9. The lowest BCUT2D eigenvalue weighted by Crippen LogP contribution is -2.11. The Bertz CT molecular complexity index is 1040. The van der Waals surface area contributed by atoms with Crippen LogP contribution < -0.4 is 0 Å². The smallest absolute Gasteiger partial charge is 0.370 e. The molecule has 0 N–H and O–H groups in total. The molecule has 0 radical (unpaired) electrons. The second-order valence-corrected chi connectivity index (χ2v) is 8.87. The standard InChI is InChI=1S/C23H27N3O5S/c1-15-11-19(26(5)25-15)21(30-14-31-22(28)32-13-20(27)29-6)18(12-24)16-7-9-17(10-8-16)23(2,3)4/h7-11H,13-14H2,1-6H3/b21-18-. The number of benzene rings is 1. The monoisotopic (exact) mass is 457 g/mol. The van der Waals surface area contributed by atoms with Crippen molar-refractivity contribution in [1.82, 2.24) is 9.78 Å². The number of carbonyl (C=O) groups excluding carboxylic acids is 2. The van der Waals surface area contributed by atoms with E-state index in [-0.39, 0.29) is 22.5 Å². The van der Waals surface area contributed by atoms with E-state index in [1.807, 2.05) is 31.2 Å². The summed E-state index contributed by atoms with van der Waals surface area (Å²) in [6.07, 6.45) is 0. The topological polar surface area (TPSA) is 103 Å². The van der Waals surface area contributed by atoms with Crippen LogP contribution in [0.1, 0.15) is 43.3 Å². The fourth-order valence-electron chi connectivity index (χ4n) is 2.84. The first kappa shape index (κ1) is 25.0. The fraction of sp³-hybridized carbons (Fsp3) is 0.391. The summed E-state index contributed by atoms with van der Waals surface area (Å²) in [5.74, 6) is -0.461. The highest BCUT2D eigenvalue weighted by Crippen LogP contribution is 2.30. The molecule has 0 aliphatic carbocycles. The number of methoxy groups -OCH3 is 1. The summed E-state index contributed by atoms with van der Waals surface area (Å²) < 4.78 is 16.9. The van der Waals surface area contributed by atoms with Crippen molar-refractivity contribution >= 4 is 34.4 Å². The Hall–Kier alpha value is -3.25. The molecule has 8 nitrogen and oxygen atoms in total. The summed E-state index contributed by atoms with van der Waals surface area (Å²) in [5.41, 5.74) is 3.37. The minimum Gasteiger partial charge on any atom is -0.468 e. The van der Waals surface area contributed by atoms with Crippen molar-refractivity contribution in [2.45, 2.75) is 33.1 Å². The van der Waals surface area contributed by atoms with E-state index < -0.39 is 18.1 Å². The molecule has 32 heavy (non-hydrogen) atoms. The molecule has 0 amide bonds. The molecule has 0 aliphatic rings. The van der Waals surface area contributed by atoms with Gasteiger partial charge in [-0.3, -0.25) is 9.48 Å². The quantitative estimate of drug-likeness (QED) is 0.260. The average molecular weight is 458 g/mol. The van der Waals surface area contributed by atoms with Gasteiger partial charge in [0.1, 0.15) is 23.1 Å². The lowest BCUT2D eigenvalue weighted by molar-refractivity contribution is -0.137. The first-order valence-corrected chi connectivity index (χ1v) is 10.8. The van der Waals surface area contributed by atoms with Gasteiger partial charge in [0.05, 0.1) is 12.8 Å². The first-order valence-electron chi connectivity index (χ1n) is 9.82. The number of hydrogen-bond acceptors (Lipinski definition) is 8. The van der Waals surface area contributed by atoms with E-state index in [1.165, 1.54) is 7.11 Å². The van der Waals surface area contributed by atoms with Crippen molar-refractivity contribution in [3.63, 3.8) is 0 Å². The highest BCUT2D eigenvalue weighted by atomic mass is 32.2. The van der Waals surface area contributed by atoms with Gasteiger partial charge in [-0.2, -0.15) is 10.4 Å². The second kappa shape index (κ2) is 10.9. The third-order valence-electron chi connectivity index (χ3n) is 4.53. The lowest BCUT2D eigenvalue weighted by atomic mass is 9.86. The Morgan fingerprint density at radius 3 is 2.34 bits per heavy atom. The molecule has 1 aromatic carbocycles. The van der Waals surface area contributed by atoms with Crippen molar-refractivity contribution in [3.8, 4) is 6.07 Å². The molecule has 0 aliphatic heterocycles. The van der Waals surface area contributed by atoms with Gasteiger partial charge in [-0.25, -0.2) is 4.79 Å². The Morgan fingerprint density at radius 2 is 1.84 bits per heavy atom. The summed E-state index contributed by atoms with van der Waals surface area (Å²) in [7, 11) is 2.98. The minimum absolute atomic E-state index is 0.0242. The van der Waals surface area contributed by atoms with E-state index in [0.717, 1.165) is 11.3 Å². The first-order chi connectivity index (χ1) is 15.1. The average Bonchev–Trinajstić information content (AvgIpc) is 3.08. The Labute approximate surface area is 192 Å². The molecule has 0 spiro atoms. The molecule has 0 saturated heterocycles. The number of hydrogen-bond donors (Lipinski definition) is 0. The summed E-state index contributed by atoms with van der Waals surface area (Å²) in [6.45, 7) is 7.74. The van der Waals surface area contributed by atoms with Crippen molar-refractivity contribution < 1.29 is 23.8 Å². The van der Waals surface area contributed by atoms with Gasteiger partial charge in [0.2, 0.25) is 6.79 Å². The SMILES string of the molecule is COC(=O)CSC(=O)OCO/C(=C(/C#N)c1ccc(C(C)(C)C)cc1)c1cc(C)nn1C. The van der Waals surface area contributed by atoms with Crippen molar-refractivity contribution in [2.24, 2.45) is 7.05 Å². The number of esters is 1. The molecular weight excluding hydrogens is 430 g/mol. The van der Waals surface area contributed by atoms with Crippen molar-refractivity contribution in [2.75, 3.05) is 19.7 Å². The Balaban J connectivity index is 2.32. The third kappa shape index (κ3) is 6.62. The van der Waals surface area contributed by atoms with Crippen LogP contribution in [0.15, 0.2) is 30.3 Å². The van der Waals surface area contributed by atoms with Crippen molar-refractivity contribution in [3.05, 3.63) is 52.8 Å². The van der Waals surface area contributed by atoms with E-state index in [4.69, 9.17) is 9.47 Å². The van der Waals surface area contributed by atoms with Crippen LogP contribution in [0.3, 0.4) is 0 Å². The van der Waals surface area contributed by atoms with Crippen LogP contribution in [0.4, 0.5) is 4.79 Å². The lowest BCUT2D eigenvalue weighted by Gasteiger charge is -2.19. The predicted octanol–water partition coefficient (Wildman–Crippen LogP) is 4.43. The van der Waals surface area contributed by atoms with Gasteiger partial charge in [0.15, 0.2) is 5.76 Å². The molecule has 1 aromatic heterocycles. The van der Waals surface area contributed by atoms with Crippen LogP contribution in [-0.4, -0.2) is 40.7 Å². The summed E-state index contributed by atoms with van der Waals surface area (Å²) in [5, 5.41) is 13.6. The largest absolute Gasteiger partial charge is 0.468 e. The van der Waals surface area contributed by atoms with Crippen LogP contribution in [0, 0.1) is 18.3 Å². The van der Waals surface area contributed by atoms with E-state index in [2.05, 4.69) is 36.7 Å². The maximum atomic E-state index is 11.8. The number of aryl methyl sites for hydroxylation is 2. The predicted molar refractivity (Wildman–Crippen MR) is 122 cm³/mol. The summed E-state index contributed by atoms with van der Waals surface area (Å²) in [4.78, 5) is 23.0. The molecule has 1 heterocycles. The van der Waals surface area contributed by atoms with Gasteiger partial charge in [0.25, 0.3) is 0 Å². The second-order valence-electron chi connectivity index (χ2n) is 7.96. The van der Waals surface area contributed by atoms with Crippen LogP contribution >= 0.6 is 11.8 Å². The molecule has 0 unspecified atom stereocenters. The van der Waals surface area contributed by atoms with E-state index in [1.54, 1.807) is 17.8 Å². The highest BCUT2D eigenvalue weighted by Gasteiger charge is 2.20. The molecule has 170 valence electrons. The summed E-state index contributed by atoms with van der Waals surface area (Å²) in [6, 6.07) is 11.7. The number of thioether (sulfide) groups is 1. The fourth-order valence-corrected chi connectivity index (χ4v) is 3.32. The van der Waals surface area contributed by atoms with E-state index in [0.29, 0.717) is 23.0 Å². The van der Waals surface area contributed by atoms with Gasteiger partial charge in [0, 0.05) is 7.05 Å². The van der Waals surface area contributed by atoms with Gasteiger partial charge in [-0.15, -0.1) is 0 Å². The molecule has 0 bridgehead atoms. The number of carbonyl (C=O) groups is 2. The molecule has 9 heteroatoms. The summed E-state index contributed by atoms with van der Waals surface area (Å²) >= 11 is 0.664. The zero-order chi connectivity index (χ0) is 23.9. The maximum Gasteiger partial charge on any atom is 0.370 e. The van der Waals surface area contributed by atoms with Gasteiger partial charge in [-0.1, -0.05) is 45.0 Å². The number of nitrogens with zero attached hydrogens (tertiary/aromatic N) is 3. The van der Waals surface area contributed by atoms with E-state index >= 15 is 0 Å². The molecule has 2 rings (SSSR count). The Morgan fingerprint density at radius 1 is 1.19 bits per heavy atom. The Kier molecular flexibility index (Phi) is 8.49. The number of rotatable bonds is 7. The molecule has 0 atom stereocenters. The maximum absolute atomic E-state index is 11.8. The zero-order valence-electron chi connectivity index (χ0n) is 19.1. The van der Waals surface area contributed by atoms with Gasteiger partial charge in [-0.05, 0) is 41.3 Å². The van der Waals surface area contributed by atoms with Crippen LogP contribution in [0.5, 0.6) is 0 Å². The van der Waals surface area contributed by atoms with Crippen molar-refractivity contribution in [1.29, 1.82) is 5.26 Å². The molecule has 0 fully saturated rings. The number of ether oxygens (including phenoxy) is 3. The molecule has 0 saturated carbocycles. The number of nitriles is 1. The highest BCUT2D eigenvalue weighted by molar-refractivity contribution is 8.13. The van der Waals surface area contributed by atoms with Gasteiger partial charge < -0.3 is 14.2 Å². The van der Waals surface area contributed by atoms with Crippen LogP contribution in [-0.2, 0) is 31.5 Å². The molecule has 2 aromatic rings. The number of allylic oxidation sites excluding steroid dienone is 1. The third-order valence-corrected chi connectivity index (χ3v) is 5.26. The van der Waals surface area contributed by atoms with Crippen LogP contribution in [0.25, 0.3) is 11.3 Å².